The third-order valence-electron chi connectivity index (χ3n) is 4.64. The van der Waals surface area contributed by atoms with E-state index in [1.807, 2.05) is 0 Å². The van der Waals surface area contributed by atoms with Crippen LogP contribution < -0.4 is 5.32 Å². The lowest BCUT2D eigenvalue weighted by atomic mass is 10.1. The van der Waals surface area contributed by atoms with Gasteiger partial charge in [0, 0.05) is 11.4 Å². The fraction of sp³-hybridized carbons (Fsp3) is 0.250. The lowest BCUT2D eigenvalue weighted by Crippen LogP contribution is -2.38. The highest BCUT2D eigenvalue weighted by Crippen LogP contribution is 2.25. The van der Waals surface area contributed by atoms with Crippen LogP contribution in [-0.2, 0) is 19.4 Å². The summed E-state index contributed by atoms with van der Waals surface area (Å²) in [6.07, 6.45) is 1.88. The number of para-hydroxylation sites is 1. The highest BCUT2D eigenvalue weighted by Gasteiger charge is 2.29. The summed E-state index contributed by atoms with van der Waals surface area (Å²) < 4.78 is 33.5. The molecule has 1 fully saturated rings. The Hall–Kier alpha value is -3.20. The van der Waals surface area contributed by atoms with Crippen molar-refractivity contribution in [3.05, 3.63) is 54.3 Å². The molecule has 1 aliphatic rings. The molecule has 0 saturated carbocycles. The highest BCUT2D eigenvalue weighted by molar-refractivity contribution is 7.91. The Labute approximate surface area is 166 Å². The molecular formula is C20H18N2O6S. The van der Waals surface area contributed by atoms with Crippen LogP contribution >= 0.6 is 0 Å². The Morgan fingerprint density at radius 1 is 1.21 bits per heavy atom. The van der Waals surface area contributed by atoms with Gasteiger partial charge in [0.15, 0.2) is 22.2 Å². The number of furan rings is 1. The molecule has 1 amide bonds. The molecule has 29 heavy (non-hydrogen) atoms. The molecule has 2 aromatic heterocycles. The summed E-state index contributed by atoms with van der Waals surface area (Å²) in [6.45, 7) is -0.498. The van der Waals surface area contributed by atoms with E-state index in [2.05, 4.69) is 10.3 Å². The maximum atomic E-state index is 12.7. The van der Waals surface area contributed by atoms with Gasteiger partial charge >= 0.3 is 5.97 Å². The summed E-state index contributed by atoms with van der Waals surface area (Å²) in [6, 6.07) is 11.7. The van der Waals surface area contributed by atoms with Crippen molar-refractivity contribution in [1.82, 2.24) is 10.3 Å². The lowest BCUT2D eigenvalue weighted by molar-refractivity contribution is -0.124. The number of hydrogen-bond donors (Lipinski definition) is 1. The van der Waals surface area contributed by atoms with Gasteiger partial charge < -0.3 is 14.5 Å². The molecule has 1 aliphatic heterocycles. The van der Waals surface area contributed by atoms with Crippen LogP contribution in [0.4, 0.5) is 0 Å². The van der Waals surface area contributed by atoms with E-state index in [0.29, 0.717) is 28.8 Å². The largest absolute Gasteiger partial charge is 0.463 e. The third-order valence-corrected chi connectivity index (χ3v) is 6.41. The molecule has 0 radical (unpaired) electrons. The normalized spacial score (nSPS) is 17.9. The number of ether oxygens (including phenoxy) is 1. The number of nitrogens with zero attached hydrogens (tertiary/aromatic N) is 1. The van der Waals surface area contributed by atoms with Crippen LogP contribution in [0.1, 0.15) is 16.8 Å². The maximum Gasteiger partial charge on any atom is 0.339 e. The van der Waals surface area contributed by atoms with Gasteiger partial charge in [0.25, 0.3) is 5.91 Å². The van der Waals surface area contributed by atoms with Crippen LogP contribution in [0.25, 0.3) is 22.4 Å². The minimum absolute atomic E-state index is 0.0519. The van der Waals surface area contributed by atoms with Gasteiger partial charge in [0.2, 0.25) is 0 Å². The highest BCUT2D eigenvalue weighted by atomic mass is 32.2. The predicted octanol–water partition coefficient (Wildman–Crippen LogP) is 1.95. The number of fused-ring (bicyclic) bond motifs is 1. The second kappa shape index (κ2) is 7.67. The smallest absolute Gasteiger partial charge is 0.339 e. The van der Waals surface area contributed by atoms with Crippen molar-refractivity contribution >= 4 is 32.6 Å². The number of aromatic nitrogens is 1. The van der Waals surface area contributed by atoms with Gasteiger partial charge in [-0.3, -0.25) is 4.79 Å². The van der Waals surface area contributed by atoms with Gasteiger partial charge in [-0.15, -0.1) is 0 Å². The third kappa shape index (κ3) is 4.29. The minimum atomic E-state index is -3.10. The Morgan fingerprint density at radius 3 is 2.76 bits per heavy atom. The zero-order valence-electron chi connectivity index (χ0n) is 15.3. The van der Waals surface area contributed by atoms with Crippen molar-refractivity contribution in [1.29, 1.82) is 0 Å². The van der Waals surface area contributed by atoms with Crippen LogP contribution in [0.5, 0.6) is 0 Å². The Balaban J connectivity index is 1.50. The monoisotopic (exact) mass is 414 g/mol. The zero-order chi connectivity index (χ0) is 20.4. The second-order valence-corrected chi connectivity index (χ2v) is 9.02. The summed E-state index contributed by atoms with van der Waals surface area (Å²) in [7, 11) is -3.10. The van der Waals surface area contributed by atoms with Gasteiger partial charge in [-0.05, 0) is 30.7 Å². The van der Waals surface area contributed by atoms with Gasteiger partial charge in [-0.1, -0.05) is 18.2 Å². The number of amides is 1. The van der Waals surface area contributed by atoms with Crippen LogP contribution in [0.15, 0.2) is 53.1 Å². The predicted molar refractivity (Wildman–Crippen MR) is 105 cm³/mol. The Bertz CT molecular complexity index is 1170. The summed E-state index contributed by atoms with van der Waals surface area (Å²) >= 11 is 0. The number of pyridine rings is 1. The van der Waals surface area contributed by atoms with Crippen LogP contribution in [0.3, 0.4) is 0 Å². The van der Waals surface area contributed by atoms with Crippen molar-refractivity contribution in [2.45, 2.75) is 12.5 Å². The quantitative estimate of drug-likeness (QED) is 0.635. The molecule has 3 heterocycles. The molecule has 1 aromatic carbocycles. The molecule has 150 valence electrons. The molecule has 1 N–H and O–H groups in total. The number of carbonyl (C=O) groups excluding carboxylic acids is 2. The van der Waals surface area contributed by atoms with E-state index in [1.54, 1.807) is 42.5 Å². The number of benzene rings is 1. The first-order valence-electron chi connectivity index (χ1n) is 9.02. The standard InChI is InChI=1S/C20H18N2O6S/c23-19(21-13-7-9-29(25,26)12-13)11-28-20(24)15-10-17(18-6-3-8-27-18)22-16-5-2-1-4-14(15)16/h1-6,8,10,13H,7,9,11-12H2,(H,21,23)/t13-/m0/s1. The molecule has 3 aromatic rings. The summed E-state index contributed by atoms with van der Waals surface area (Å²) in [5, 5.41) is 3.18. The van der Waals surface area contributed by atoms with Crippen LogP contribution in [-0.4, -0.2) is 49.4 Å². The van der Waals surface area contributed by atoms with E-state index in [9.17, 15) is 18.0 Å². The SMILES string of the molecule is O=C(COC(=O)c1cc(-c2ccco2)nc2ccccc12)N[C@H]1CCS(=O)(=O)C1. The van der Waals surface area contributed by atoms with Gasteiger partial charge in [-0.25, -0.2) is 18.2 Å². The first-order valence-corrected chi connectivity index (χ1v) is 10.8. The van der Waals surface area contributed by atoms with Crippen LogP contribution in [0, 0.1) is 0 Å². The number of sulfone groups is 1. The lowest BCUT2D eigenvalue weighted by Gasteiger charge is -2.12. The fourth-order valence-corrected chi connectivity index (χ4v) is 4.96. The first-order chi connectivity index (χ1) is 13.9. The zero-order valence-corrected chi connectivity index (χ0v) is 16.1. The van der Waals surface area contributed by atoms with Gasteiger partial charge in [-0.2, -0.15) is 0 Å². The molecule has 1 atom stereocenters. The topological polar surface area (TPSA) is 116 Å². The molecule has 1 saturated heterocycles. The van der Waals surface area contributed by atoms with Crippen LogP contribution in [0.2, 0.25) is 0 Å². The van der Waals surface area contributed by atoms with E-state index in [1.165, 1.54) is 6.26 Å². The van der Waals surface area contributed by atoms with E-state index < -0.39 is 34.4 Å². The fourth-order valence-electron chi connectivity index (χ4n) is 3.28. The maximum absolute atomic E-state index is 12.7. The molecule has 4 rings (SSSR count). The summed E-state index contributed by atoms with van der Waals surface area (Å²) in [5.74, 6) is -0.745. The minimum Gasteiger partial charge on any atom is -0.463 e. The van der Waals surface area contributed by atoms with E-state index >= 15 is 0 Å². The van der Waals surface area contributed by atoms with E-state index in [-0.39, 0.29) is 17.1 Å². The summed E-state index contributed by atoms with van der Waals surface area (Å²) in [4.78, 5) is 29.2. The van der Waals surface area contributed by atoms with E-state index in [4.69, 9.17) is 9.15 Å². The van der Waals surface area contributed by atoms with Crippen molar-refractivity contribution in [2.24, 2.45) is 0 Å². The van der Waals surface area contributed by atoms with Gasteiger partial charge in [0.05, 0.1) is 28.8 Å². The van der Waals surface area contributed by atoms with Crippen molar-refractivity contribution < 1.29 is 27.2 Å². The Kier molecular flexibility index (Phi) is 5.06. The molecule has 8 nitrogen and oxygen atoms in total. The number of carbonyl (C=O) groups is 2. The Morgan fingerprint density at radius 2 is 2.03 bits per heavy atom. The van der Waals surface area contributed by atoms with Crippen molar-refractivity contribution in [3.63, 3.8) is 0 Å². The number of nitrogens with one attached hydrogen (secondary N) is 1. The molecule has 0 bridgehead atoms. The molecular weight excluding hydrogens is 396 g/mol. The number of hydrogen-bond acceptors (Lipinski definition) is 7. The molecule has 0 spiro atoms. The first kappa shape index (κ1) is 19.1. The molecule has 9 heteroatoms. The van der Waals surface area contributed by atoms with Crippen molar-refractivity contribution in [2.75, 3.05) is 18.1 Å². The van der Waals surface area contributed by atoms with E-state index in [0.717, 1.165) is 0 Å². The molecule has 0 aliphatic carbocycles. The summed E-state index contributed by atoms with van der Waals surface area (Å²) in [5.41, 5.74) is 1.33. The van der Waals surface area contributed by atoms with Crippen molar-refractivity contribution in [3.8, 4) is 11.5 Å². The second-order valence-electron chi connectivity index (χ2n) is 6.79. The van der Waals surface area contributed by atoms with Gasteiger partial charge in [0.1, 0.15) is 5.69 Å². The average molecular weight is 414 g/mol. The number of esters is 1. The number of rotatable bonds is 5. The average Bonchev–Trinajstić information content (AvgIpc) is 3.35. The molecule has 0 unspecified atom stereocenters.